The molecule has 2 aromatic carbocycles. The summed E-state index contributed by atoms with van der Waals surface area (Å²) < 4.78 is 2.62. The zero-order valence-corrected chi connectivity index (χ0v) is 17.4. The fraction of sp³-hybridized carbons (Fsp3) is 0.118. The minimum absolute atomic E-state index is 0. The van der Waals surface area contributed by atoms with Gasteiger partial charge in [-0.15, -0.1) is 23.4 Å². The maximum Gasteiger partial charge on any atom is 4.00 e. The summed E-state index contributed by atoms with van der Waals surface area (Å²) in [6, 6.07) is 10.5. The van der Waals surface area contributed by atoms with Crippen molar-refractivity contribution in [1.82, 2.24) is 0 Å². The largest absolute Gasteiger partial charge is 4.00 e. The summed E-state index contributed by atoms with van der Waals surface area (Å²) >= 11 is 8.01. The van der Waals surface area contributed by atoms with E-state index in [0.29, 0.717) is 0 Å². The van der Waals surface area contributed by atoms with Crippen LogP contribution < -0.4 is 24.8 Å². The minimum atomic E-state index is 0. The summed E-state index contributed by atoms with van der Waals surface area (Å²) in [5.74, 6) is 0. The number of thiophene rings is 1. The van der Waals surface area contributed by atoms with Gasteiger partial charge in [-0.2, -0.15) is 12.1 Å². The Balaban J connectivity index is 0.000000482. The van der Waals surface area contributed by atoms with Gasteiger partial charge in [-0.25, -0.2) is 23.5 Å². The molecule has 0 spiro atoms. The first kappa shape index (κ1) is 22.0. The molecular weight excluding hydrogens is 434 g/mol. The van der Waals surface area contributed by atoms with Crippen molar-refractivity contribution < 1.29 is 51.0 Å². The van der Waals surface area contributed by atoms with Crippen LogP contribution in [0.3, 0.4) is 0 Å². The van der Waals surface area contributed by atoms with Crippen LogP contribution in [0, 0.1) is 13.0 Å². The van der Waals surface area contributed by atoms with Crippen LogP contribution in [0.1, 0.15) is 12.0 Å². The SMILES string of the molecule is Cc1cc2sc3cccc(Cl)c3c2[cH-]1.[C-]1=CC=CC1.[Cl-].[Cl-].[Zr+4]. The molecule has 0 fully saturated rings. The topological polar surface area (TPSA) is 0 Å². The molecule has 0 nitrogen and oxygen atoms in total. The van der Waals surface area contributed by atoms with Gasteiger partial charge in [0.1, 0.15) is 0 Å². The number of fused-ring (bicyclic) bond motifs is 3. The van der Waals surface area contributed by atoms with Gasteiger partial charge < -0.3 is 24.8 Å². The Labute approximate surface area is 171 Å². The van der Waals surface area contributed by atoms with E-state index in [4.69, 9.17) is 11.6 Å². The summed E-state index contributed by atoms with van der Waals surface area (Å²) in [5.41, 5.74) is 1.31. The van der Waals surface area contributed by atoms with Crippen molar-refractivity contribution in [3.8, 4) is 0 Å². The molecule has 0 saturated heterocycles. The third-order valence-corrected chi connectivity index (χ3v) is 4.48. The van der Waals surface area contributed by atoms with Crippen LogP contribution in [0.15, 0.2) is 48.6 Å². The average molecular weight is 447 g/mol. The zero-order valence-electron chi connectivity index (χ0n) is 11.9. The number of benzene rings is 1. The molecule has 1 heterocycles. The predicted molar refractivity (Wildman–Crippen MR) is 86.2 cm³/mol. The number of hydrogen-bond donors (Lipinski definition) is 0. The van der Waals surface area contributed by atoms with E-state index < -0.39 is 0 Å². The van der Waals surface area contributed by atoms with Crippen molar-refractivity contribution >= 4 is 43.1 Å². The molecule has 1 aliphatic carbocycles. The van der Waals surface area contributed by atoms with Crippen LogP contribution >= 0.6 is 22.9 Å². The van der Waals surface area contributed by atoms with Crippen molar-refractivity contribution in [1.29, 1.82) is 0 Å². The van der Waals surface area contributed by atoms with Crippen LogP contribution in [0.4, 0.5) is 0 Å². The average Bonchev–Trinajstić information content (AvgIpc) is 3.05. The Hall–Kier alpha value is 0.0231. The maximum atomic E-state index is 6.19. The molecule has 0 radical (unpaired) electrons. The molecule has 5 heteroatoms. The fourth-order valence-corrected chi connectivity index (χ4v) is 3.77. The van der Waals surface area contributed by atoms with Gasteiger partial charge in [0.2, 0.25) is 0 Å². The van der Waals surface area contributed by atoms with Crippen LogP contribution in [-0.4, -0.2) is 0 Å². The van der Waals surface area contributed by atoms with E-state index in [1.807, 2.05) is 35.6 Å². The Morgan fingerprint density at radius 1 is 1.23 bits per heavy atom. The second-order valence-corrected chi connectivity index (χ2v) is 6.02. The molecule has 1 aliphatic rings. The van der Waals surface area contributed by atoms with E-state index in [0.717, 1.165) is 11.4 Å². The van der Waals surface area contributed by atoms with Gasteiger partial charge in [0.25, 0.3) is 0 Å². The fourth-order valence-electron chi connectivity index (χ4n) is 2.21. The van der Waals surface area contributed by atoms with Crippen molar-refractivity contribution in [2.45, 2.75) is 13.3 Å². The molecule has 0 atom stereocenters. The molecule has 0 N–H and O–H groups in total. The van der Waals surface area contributed by atoms with E-state index in [2.05, 4.69) is 37.3 Å². The van der Waals surface area contributed by atoms with Crippen LogP contribution in [-0.2, 0) is 26.2 Å². The van der Waals surface area contributed by atoms with E-state index in [9.17, 15) is 0 Å². The van der Waals surface area contributed by atoms with Gasteiger partial charge >= 0.3 is 26.2 Å². The summed E-state index contributed by atoms with van der Waals surface area (Å²) in [7, 11) is 0. The summed E-state index contributed by atoms with van der Waals surface area (Å²) in [6.45, 7) is 2.12. The second kappa shape index (κ2) is 10.0. The first-order valence-corrected chi connectivity index (χ1v) is 7.41. The molecule has 1 aromatic heterocycles. The van der Waals surface area contributed by atoms with E-state index in [1.54, 1.807) is 0 Å². The van der Waals surface area contributed by atoms with Crippen LogP contribution in [0.2, 0.25) is 5.02 Å². The van der Waals surface area contributed by atoms with Crippen molar-refractivity contribution in [2.75, 3.05) is 0 Å². The summed E-state index contributed by atoms with van der Waals surface area (Å²) in [4.78, 5) is 0. The minimum Gasteiger partial charge on any atom is -1.00 e. The quantitative estimate of drug-likeness (QED) is 0.428. The van der Waals surface area contributed by atoms with Gasteiger partial charge in [0.05, 0.1) is 0 Å². The number of aryl methyl sites for hydroxylation is 1. The van der Waals surface area contributed by atoms with Gasteiger partial charge in [-0.3, -0.25) is 6.08 Å². The molecule has 112 valence electrons. The monoisotopic (exact) mass is 444 g/mol. The molecule has 0 unspecified atom stereocenters. The molecule has 0 saturated carbocycles. The molecule has 0 bridgehead atoms. The van der Waals surface area contributed by atoms with Gasteiger partial charge in [0, 0.05) is 5.02 Å². The number of rotatable bonds is 0. The maximum absolute atomic E-state index is 6.19. The van der Waals surface area contributed by atoms with Crippen molar-refractivity contribution in [3.63, 3.8) is 0 Å². The molecule has 0 aliphatic heterocycles. The van der Waals surface area contributed by atoms with Gasteiger partial charge in [-0.05, 0) is 4.70 Å². The third-order valence-electron chi connectivity index (χ3n) is 3.05. The summed E-state index contributed by atoms with van der Waals surface area (Å²) in [5, 5.41) is 3.37. The standard InChI is InChI=1S/C12H8ClS.C5H5.2ClH.Zr/c1-7-5-8-11(6-7)14-10-4-2-3-9(13)12(8)10;1-2-4-5-3-1;;;/h2-6H,1H3;1-3H,4H2;2*1H;/q2*-1;;;+4/p-2. The van der Waals surface area contributed by atoms with Crippen LogP contribution in [0.25, 0.3) is 20.2 Å². The Kier molecular flexibility index (Phi) is 10.0. The Morgan fingerprint density at radius 3 is 2.59 bits per heavy atom. The molecule has 4 rings (SSSR count). The number of hydrogen-bond acceptors (Lipinski definition) is 1. The Bertz CT molecular complexity index is 774. The summed E-state index contributed by atoms with van der Waals surface area (Å²) in [6.07, 6.45) is 10.0. The first-order valence-electron chi connectivity index (χ1n) is 6.21. The normalized spacial score (nSPS) is 11.4. The molecule has 0 amide bonds. The van der Waals surface area contributed by atoms with Crippen molar-refractivity contribution in [2.24, 2.45) is 0 Å². The number of halogens is 3. The smallest absolute Gasteiger partial charge is 1.00 e. The third kappa shape index (κ3) is 4.76. The van der Waals surface area contributed by atoms with Crippen LogP contribution in [0.5, 0.6) is 0 Å². The zero-order chi connectivity index (χ0) is 13.2. The second-order valence-electron chi connectivity index (χ2n) is 4.53. The van der Waals surface area contributed by atoms with E-state index in [1.165, 1.54) is 25.7 Å². The number of allylic oxidation sites excluding steroid dienone is 4. The van der Waals surface area contributed by atoms with Gasteiger partial charge in [-0.1, -0.05) is 46.8 Å². The predicted octanol–water partition coefficient (Wildman–Crippen LogP) is 0.0464. The first-order chi connectivity index (χ1) is 9.25. The Morgan fingerprint density at radius 2 is 2.00 bits per heavy atom. The molecular formula is C17H13Cl3SZr. The molecule has 22 heavy (non-hydrogen) atoms. The van der Waals surface area contributed by atoms with E-state index in [-0.39, 0.29) is 51.0 Å². The van der Waals surface area contributed by atoms with Crippen molar-refractivity contribution in [3.05, 3.63) is 65.2 Å². The van der Waals surface area contributed by atoms with E-state index >= 15 is 0 Å². The molecule has 3 aromatic rings. The van der Waals surface area contributed by atoms with Gasteiger partial charge in [0.15, 0.2) is 0 Å².